The summed E-state index contributed by atoms with van der Waals surface area (Å²) in [4.78, 5) is 21.6. The largest absolute Gasteiger partial charge is 0.372 e. The van der Waals surface area contributed by atoms with Gasteiger partial charge in [0, 0.05) is 17.7 Å². The van der Waals surface area contributed by atoms with Gasteiger partial charge in [-0.15, -0.1) is 0 Å². The molecule has 0 atom stereocenters. The molecule has 0 heterocycles. The number of nitro benzene ring substituents is 1. The summed E-state index contributed by atoms with van der Waals surface area (Å²) in [5, 5.41) is 13.5. The number of nitrogens with zero attached hydrogens (tertiary/aromatic N) is 1. The number of carbonyl (C=O) groups is 1. The van der Waals surface area contributed by atoms with E-state index < -0.39 is 10.8 Å². The Morgan fingerprint density at radius 3 is 2.89 bits per heavy atom. The topological polar surface area (TPSA) is 81.5 Å². The van der Waals surface area contributed by atoms with Crippen LogP contribution in [0.5, 0.6) is 0 Å². The summed E-state index contributed by atoms with van der Waals surface area (Å²) in [6.45, 7) is 2.24. The van der Waals surface area contributed by atoms with Gasteiger partial charge in [0.1, 0.15) is 12.3 Å². The first-order valence-electron chi connectivity index (χ1n) is 5.36. The van der Waals surface area contributed by atoms with E-state index in [1.807, 2.05) is 6.92 Å². The Hall–Kier alpha value is -1.66. The lowest BCUT2D eigenvalue weighted by molar-refractivity contribution is -0.383. The molecule has 0 unspecified atom stereocenters. The van der Waals surface area contributed by atoms with E-state index in [1.165, 1.54) is 18.2 Å². The lowest BCUT2D eigenvalue weighted by atomic mass is 10.2. The highest BCUT2D eigenvalue weighted by Crippen LogP contribution is 2.27. The molecule has 0 saturated carbocycles. The number of nitrogens with one attached hydrogen (secondary N) is 1. The number of anilines is 1. The average Bonchev–Trinajstić information content (AvgIpc) is 2.29. The Bertz CT molecular complexity index is 451. The molecule has 0 aromatic heterocycles. The van der Waals surface area contributed by atoms with Crippen molar-refractivity contribution in [1.29, 1.82) is 0 Å². The van der Waals surface area contributed by atoms with Crippen molar-refractivity contribution in [2.24, 2.45) is 0 Å². The van der Waals surface area contributed by atoms with Gasteiger partial charge < -0.3 is 10.1 Å². The highest BCUT2D eigenvalue weighted by Gasteiger charge is 2.16. The molecule has 98 valence electrons. The van der Waals surface area contributed by atoms with Crippen LogP contribution in [-0.4, -0.2) is 24.0 Å². The monoisotopic (exact) mass is 272 g/mol. The number of ether oxygens (including phenoxy) is 1. The van der Waals surface area contributed by atoms with Gasteiger partial charge in [-0.1, -0.05) is 18.5 Å². The molecule has 1 N–H and O–H groups in total. The van der Waals surface area contributed by atoms with Crippen LogP contribution in [0.25, 0.3) is 0 Å². The summed E-state index contributed by atoms with van der Waals surface area (Å²) >= 11 is 5.73. The SMILES string of the molecule is CCCOCC(=O)Nc1cc(Cl)ccc1[N+](=O)[O-]. The number of hydrogen-bond acceptors (Lipinski definition) is 4. The van der Waals surface area contributed by atoms with Crippen LogP contribution in [0.4, 0.5) is 11.4 Å². The van der Waals surface area contributed by atoms with Gasteiger partial charge in [0.15, 0.2) is 0 Å². The average molecular weight is 273 g/mol. The fourth-order valence-corrected chi connectivity index (χ4v) is 1.44. The van der Waals surface area contributed by atoms with E-state index in [0.29, 0.717) is 11.6 Å². The minimum absolute atomic E-state index is 0.0672. The summed E-state index contributed by atoms with van der Waals surface area (Å²) in [5.74, 6) is -0.450. The molecule has 0 saturated heterocycles. The van der Waals surface area contributed by atoms with Crippen LogP contribution in [0.2, 0.25) is 5.02 Å². The molecule has 6 nitrogen and oxygen atoms in total. The van der Waals surface area contributed by atoms with E-state index in [0.717, 1.165) is 6.42 Å². The second kappa shape index (κ2) is 6.93. The number of halogens is 1. The molecule has 0 aliphatic carbocycles. The van der Waals surface area contributed by atoms with E-state index in [2.05, 4.69) is 5.32 Å². The van der Waals surface area contributed by atoms with Gasteiger partial charge in [-0.25, -0.2) is 0 Å². The normalized spacial score (nSPS) is 10.1. The van der Waals surface area contributed by atoms with Gasteiger partial charge in [0.25, 0.3) is 11.6 Å². The Balaban J connectivity index is 2.73. The van der Waals surface area contributed by atoms with Gasteiger partial charge in [-0.2, -0.15) is 0 Å². The third-order valence-corrected chi connectivity index (χ3v) is 2.25. The van der Waals surface area contributed by atoms with Crippen molar-refractivity contribution < 1.29 is 14.5 Å². The number of amides is 1. The smallest absolute Gasteiger partial charge is 0.292 e. The summed E-state index contributed by atoms with van der Waals surface area (Å²) in [6, 6.07) is 3.96. The molecule has 0 fully saturated rings. The number of benzene rings is 1. The fourth-order valence-electron chi connectivity index (χ4n) is 1.26. The molecular formula is C11H13ClN2O4. The summed E-state index contributed by atoms with van der Waals surface area (Å²) < 4.78 is 5.03. The predicted octanol–water partition coefficient (Wildman–Crippen LogP) is 2.61. The third-order valence-electron chi connectivity index (χ3n) is 2.01. The maximum absolute atomic E-state index is 11.5. The van der Waals surface area contributed by atoms with Crippen molar-refractivity contribution in [2.75, 3.05) is 18.5 Å². The maximum atomic E-state index is 11.5. The molecule has 7 heteroatoms. The maximum Gasteiger partial charge on any atom is 0.292 e. The highest BCUT2D eigenvalue weighted by atomic mass is 35.5. The van der Waals surface area contributed by atoms with Crippen LogP contribution in [0, 0.1) is 10.1 Å². The number of rotatable bonds is 6. The lowest BCUT2D eigenvalue weighted by Crippen LogP contribution is -2.19. The molecular weight excluding hydrogens is 260 g/mol. The first kappa shape index (κ1) is 14.4. The van der Waals surface area contributed by atoms with E-state index in [9.17, 15) is 14.9 Å². The predicted molar refractivity (Wildman–Crippen MR) is 67.8 cm³/mol. The van der Waals surface area contributed by atoms with Crippen LogP contribution >= 0.6 is 11.6 Å². The van der Waals surface area contributed by atoms with Crippen molar-refractivity contribution in [3.05, 3.63) is 33.3 Å². The second-order valence-electron chi connectivity index (χ2n) is 3.52. The zero-order valence-corrected chi connectivity index (χ0v) is 10.6. The minimum Gasteiger partial charge on any atom is -0.372 e. The van der Waals surface area contributed by atoms with Gasteiger partial charge in [0.2, 0.25) is 0 Å². The van der Waals surface area contributed by atoms with E-state index in [4.69, 9.17) is 16.3 Å². The quantitative estimate of drug-likeness (QED) is 0.490. The van der Waals surface area contributed by atoms with Crippen LogP contribution in [0.15, 0.2) is 18.2 Å². The van der Waals surface area contributed by atoms with Crippen molar-refractivity contribution in [3.8, 4) is 0 Å². The van der Waals surface area contributed by atoms with Crippen LogP contribution < -0.4 is 5.32 Å². The molecule has 0 aliphatic heterocycles. The molecule has 18 heavy (non-hydrogen) atoms. The molecule has 0 aliphatic rings. The zero-order chi connectivity index (χ0) is 13.5. The van der Waals surface area contributed by atoms with Crippen molar-refractivity contribution in [2.45, 2.75) is 13.3 Å². The first-order chi connectivity index (χ1) is 8.54. The Labute approximate surface area is 109 Å². The molecule has 1 aromatic carbocycles. The number of hydrogen-bond donors (Lipinski definition) is 1. The van der Waals surface area contributed by atoms with Gasteiger partial charge >= 0.3 is 0 Å². The van der Waals surface area contributed by atoms with Crippen LogP contribution in [-0.2, 0) is 9.53 Å². The van der Waals surface area contributed by atoms with Gasteiger partial charge in [-0.3, -0.25) is 14.9 Å². The van der Waals surface area contributed by atoms with Gasteiger partial charge in [0.05, 0.1) is 4.92 Å². The van der Waals surface area contributed by atoms with Gasteiger partial charge in [-0.05, 0) is 18.6 Å². The van der Waals surface area contributed by atoms with Crippen molar-refractivity contribution in [3.63, 3.8) is 0 Å². The van der Waals surface area contributed by atoms with E-state index >= 15 is 0 Å². The van der Waals surface area contributed by atoms with Crippen molar-refractivity contribution >= 4 is 28.9 Å². The zero-order valence-electron chi connectivity index (χ0n) is 9.81. The Kier molecular flexibility index (Phi) is 5.54. The number of carbonyl (C=O) groups excluding carboxylic acids is 1. The summed E-state index contributed by atoms with van der Waals surface area (Å²) in [7, 11) is 0. The summed E-state index contributed by atoms with van der Waals surface area (Å²) in [5.41, 5.74) is -0.138. The molecule has 1 rings (SSSR count). The Morgan fingerprint density at radius 1 is 1.56 bits per heavy atom. The Morgan fingerprint density at radius 2 is 2.28 bits per heavy atom. The van der Waals surface area contributed by atoms with Crippen LogP contribution in [0.3, 0.4) is 0 Å². The van der Waals surface area contributed by atoms with Crippen LogP contribution in [0.1, 0.15) is 13.3 Å². The van der Waals surface area contributed by atoms with E-state index in [1.54, 1.807) is 0 Å². The highest BCUT2D eigenvalue weighted by molar-refractivity contribution is 6.31. The molecule has 0 radical (unpaired) electrons. The first-order valence-corrected chi connectivity index (χ1v) is 5.74. The lowest BCUT2D eigenvalue weighted by Gasteiger charge is -2.06. The summed E-state index contributed by atoms with van der Waals surface area (Å²) in [6.07, 6.45) is 0.796. The molecule has 0 bridgehead atoms. The molecule has 1 aromatic rings. The fraction of sp³-hybridized carbons (Fsp3) is 0.364. The van der Waals surface area contributed by atoms with E-state index in [-0.39, 0.29) is 18.0 Å². The number of nitro groups is 1. The molecule has 0 spiro atoms. The molecule has 1 amide bonds. The van der Waals surface area contributed by atoms with Crippen molar-refractivity contribution in [1.82, 2.24) is 0 Å². The second-order valence-corrected chi connectivity index (χ2v) is 3.96. The standard InChI is InChI=1S/C11H13ClN2O4/c1-2-5-18-7-11(15)13-9-6-8(12)3-4-10(9)14(16)17/h3-4,6H,2,5,7H2,1H3,(H,13,15). The minimum atomic E-state index is -0.584. The third kappa shape index (κ3) is 4.31.